The number of nitrogens with one attached hydrogen (secondary N) is 2. The van der Waals surface area contributed by atoms with Crippen LogP contribution in [0.1, 0.15) is 30.9 Å². The van der Waals surface area contributed by atoms with Gasteiger partial charge in [0.15, 0.2) is 5.96 Å². The molecule has 0 bridgehead atoms. The van der Waals surface area contributed by atoms with E-state index >= 15 is 0 Å². The lowest BCUT2D eigenvalue weighted by Gasteiger charge is -2.13. The van der Waals surface area contributed by atoms with Crippen molar-refractivity contribution in [3.63, 3.8) is 0 Å². The Morgan fingerprint density at radius 1 is 1.26 bits per heavy atom. The quantitative estimate of drug-likeness (QED) is 0.216. The van der Waals surface area contributed by atoms with E-state index in [2.05, 4.69) is 34.7 Å². The van der Waals surface area contributed by atoms with Gasteiger partial charge in [0.1, 0.15) is 0 Å². The van der Waals surface area contributed by atoms with Gasteiger partial charge in [-0.15, -0.1) is 24.0 Å². The molecule has 1 fully saturated rings. The van der Waals surface area contributed by atoms with Crippen LogP contribution in [0.25, 0.3) is 0 Å². The van der Waals surface area contributed by atoms with Crippen molar-refractivity contribution in [1.29, 1.82) is 0 Å². The Kier molecular flexibility index (Phi) is 13.5. The Hall–Kier alpha value is -0.900. The van der Waals surface area contributed by atoms with Crippen LogP contribution in [0.3, 0.4) is 0 Å². The number of aliphatic imine (C=N–C) groups is 1. The lowest BCUT2D eigenvalue weighted by atomic mass is 10.1. The maximum atomic E-state index is 5.74. The molecule has 0 saturated carbocycles. The van der Waals surface area contributed by atoms with Gasteiger partial charge < -0.3 is 24.8 Å². The van der Waals surface area contributed by atoms with E-state index in [0.29, 0.717) is 19.1 Å². The summed E-state index contributed by atoms with van der Waals surface area (Å²) in [4.78, 5) is 4.69. The predicted octanol–water partition coefficient (Wildman–Crippen LogP) is 2.95. The molecule has 2 rings (SSSR count). The largest absolute Gasteiger partial charge is 0.381 e. The second-order valence-electron chi connectivity index (χ2n) is 6.48. The molecular formula is C20H34IN3O3. The van der Waals surface area contributed by atoms with Gasteiger partial charge in [0, 0.05) is 39.3 Å². The van der Waals surface area contributed by atoms with Gasteiger partial charge in [0.05, 0.1) is 26.4 Å². The summed E-state index contributed by atoms with van der Waals surface area (Å²) in [5.74, 6) is 1.41. The molecule has 27 heavy (non-hydrogen) atoms. The van der Waals surface area contributed by atoms with Crippen LogP contribution in [0.15, 0.2) is 29.3 Å². The van der Waals surface area contributed by atoms with Gasteiger partial charge in [-0.25, -0.2) is 4.99 Å². The van der Waals surface area contributed by atoms with Crippen LogP contribution in [0, 0.1) is 5.92 Å². The van der Waals surface area contributed by atoms with Crippen LogP contribution < -0.4 is 10.6 Å². The first kappa shape index (κ1) is 24.1. The van der Waals surface area contributed by atoms with Crippen LogP contribution in [0.5, 0.6) is 0 Å². The molecule has 2 N–H and O–H groups in total. The minimum absolute atomic E-state index is 0. The highest BCUT2D eigenvalue weighted by molar-refractivity contribution is 14.0. The lowest BCUT2D eigenvalue weighted by Crippen LogP contribution is -2.38. The molecule has 1 aromatic carbocycles. The van der Waals surface area contributed by atoms with Gasteiger partial charge in [0.2, 0.25) is 0 Å². The third-order valence-electron chi connectivity index (χ3n) is 4.31. The van der Waals surface area contributed by atoms with Crippen molar-refractivity contribution < 1.29 is 14.2 Å². The van der Waals surface area contributed by atoms with Gasteiger partial charge in [0.25, 0.3) is 0 Å². The molecule has 0 aliphatic carbocycles. The predicted molar refractivity (Wildman–Crippen MR) is 120 cm³/mol. The Balaban J connectivity index is 0.00000364. The monoisotopic (exact) mass is 491 g/mol. The second-order valence-corrected chi connectivity index (χ2v) is 6.48. The molecule has 1 heterocycles. The first-order valence-corrected chi connectivity index (χ1v) is 9.56. The lowest BCUT2D eigenvalue weighted by molar-refractivity contribution is 0.0888. The van der Waals surface area contributed by atoms with E-state index < -0.39 is 0 Å². The van der Waals surface area contributed by atoms with E-state index in [-0.39, 0.29) is 24.0 Å². The van der Waals surface area contributed by atoms with Crippen molar-refractivity contribution in [1.82, 2.24) is 10.6 Å². The van der Waals surface area contributed by atoms with Gasteiger partial charge >= 0.3 is 0 Å². The highest BCUT2D eigenvalue weighted by Crippen LogP contribution is 2.12. The van der Waals surface area contributed by atoms with E-state index in [9.17, 15) is 0 Å². The summed E-state index contributed by atoms with van der Waals surface area (Å²) in [5.41, 5.74) is 2.37. The van der Waals surface area contributed by atoms with Crippen LogP contribution in [0.2, 0.25) is 0 Å². The molecule has 1 aliphatic rings. The van der Waals surface area contributed by atoms with Crippen LogP contribution in [-0.4, -0.2) is 52.6 Å². The fourth-order valence-corrected chi connectivity index (χ4v) is 2.86. The Morgan fingerprint density at radius 3 is 2.78 bits per heavy atom. The molecule has 1 saturated heterocycles. The van der Waals surface area contributed by atoms with Crippen molar-refractivity contribution in [3.8, 4) is 0 Å². The summed E-state index contributed by atoms with van der Waals surface area (Å²) in [6.45, 7) is 8.29. The minimum atomic E-state index is 0. The zero-order valence-corrected chi connectivity index (χ0v) is 18.9. The molecule has 7 heteroatoms. The Morgan fingerprint density at radius 2 is 2.07 bits per heavy atom. The van der Waals surface area contributed by atoms with Crippen LogP contribution in [-0.2, 0) is 27.4 Å². The number of methoxy groups -OCH3 is 1. The summed E-state index contributed by atoms with van der Waals surface area (Å²) in [7, 11) is 1.72. The van der Waals surface area contributed by atoms with Crippen LogP contribution >= 0.6 is 24.0 Å². The number of hydrogen-bond donors (Lipinski definition) is 2. The summed E-state index contributed by atoms with van der Waals surface area (Å²) in [5, 5.41) is 6.66. The molecule has 0 spiro atoms. The van der Waals surface area contributed by atoms with Crippen molar-refractivity contribution in [2.24, 2.45) is 10.9 Å². The molecule has 1 aliphatic heterocycles. The number of hydrogen-bond acceptors (Lipinski definition) is 4. The van der Waals surface area contributed by atoms with E-state index in [1.54, 1.807) is 7.11 Å². The Labute approximate surface area is 180 Å². The van der Waals surface area contributed by atoms with Gasteiger partial charge in [-0.1, -0.05) is 24.3 Å². The third kappa shape index (κ3) is 9.73. The molecule has 0 amide bonds. The first-order chi connectivity index (χ1) is 12.8. The summed E-state index contributed by atoms with van der Waals surface area (Å²) >= 11 is 0. The maximum Gasteiger partial charge on any atom is 0.191 e. The average Bonchev–Trinajstić information content (AvgIpc) is 3.17. The standard InChI is InChI=1S/C20H33N3O3.HI/c1-3-21-20(22-10-6-11-25-14-17-9-12-26-15-17)23-13-18-7-4-5-8-19(18)16-24-2;/h4-5,7-8,17H,3,6,9-16H2,1-2H3,(H2,21,22,23);1H. The van der Waals surface area contributed by atoms with Gasteiger partial charge in [-0.05, 0) is 30.9 Å². The van der Waals surface area contributed by atoms with Gasteiger partial charge in [-0.3, -0.25) is 0 Å². The van der Waals surface area contributed by atoms with E-state index in [1.165, 1.54) is 11.1 Å². The van der Waals surface area contributed by atoms with E-state index in [4.69, 9.17) is 14.2 Å². The average molecular weight is 491 g/mol. The number of halogens is 1. The topological polar surface area (TPSA) is 64.1 Å². The van der Waals surface area contributed by atoms with Crippen molar-refractivity contribution in [2.75, 3.05) is 46.6 Å². The number of guanidine groups is 1. The first-order valence-electron chi connectivity index (χ1n) is 9.56. The summed E-state index contributed by atoms with van der Waals surface area (Å²) in [6.07, 6.45) is 2.08. The number of rotatable bonds is 11. The molecule has 1 unspecified atom stereocenters. The fraction of sp³-hybridized carbons (Fsp3) is 0.650. The zero-order chi connectivity index (χ0) is 18.5. The molecule has 1 atom stereocenters. The SMILES string of the molecule is CCNC(=NCc1ccccc1COC)NCCCOCC1CCOC1.I. The molecule has 1 aromatic rings. The normalized spacial score (nSPS) is 16.8. The maximum absolute atomic E-state index is 5.74. The third-order valence-corrected chi connectivity index (χ3v) is 4.31. The molecule has 0 aromatic heterocycles. The number of benzene rings is 1. The van der Waals surface area contributed by atoms with Crippen molar-refractivity contribution in [3.05, 3.63) is 35.4 Å². The number of nitrogens with zero attached hydrogens (tertiary/aromatic N) is 1. The molecule has 6 nitrogen and oxygen atoms in total. The van der Waals surface area contributed by atoms with E-state index in [0.717, 1.165) is 58.3 Å². The fourth-order valence-electron chi connectivity index (χ4n) is 2.86. The summed E-state index contributed by atoms with van der Waals surface area (Å²) in [6, 6.07) is 8.25. The Bertz CT molecular complexity index is 537. The molecule has 0 radical (unpaired) electrons. The van der Waals surface area contributed by atoms with Gasteiger partial charge in [-0.2, -0.15) is 0 Å². The summed E-state index contributed by atoms with van der Waals surface area (Å²) < 4.78 is 16.4. The second kappa shape index (κ2) is 15.1. The highest BCUT2D eigenvalue weighted by atomic mass is 127. The van der Waals surface area contributed by atoms with Crippen LogP contribution in [0.4, 0.5) is 0 Å². The van der Waals surface area contributed by atoms with Crippen molar-refractivity contribution in [2.45, 2.75) is 32.9 Å². The highest BCUT2D eigenvalue weighted by Gasteiger charge is 2.15. The molecular weight excluding hydrogens is 457 g/mol. The zero-order valence-electron chi connectivity index (χ0n) is 16.5. The molecule has 154 valence electrons. The minimum Gasteiger partial charge on any atom is -0.381 e. The van der Waals surface area contributed by atoms with E-state index in [1.807, 2.05) is 12.1 Å². The number of ether oxygens (including phenoxy) is 3. The van der Waals surface area contributed by atoms with Crippen molar-refractivity contribution >= 4 is 29.9 Å². The smallest absolute Gasteiger partial charge is 0.191 e.